The number of aromatic amines is 1. The maximum absolute atomic E-state index is 12.7. The average Bonchev–Trinajstić information content (AvgIpc) is 3.11. The molecular formula is C16H18N4OS. The Bertz CT molecular complexity index is 816. The second kappa shape index (κ2) is 5.53. The van der Waals surface area contributed by atoms with Gasteiger partial charge in [-0.15, -0.1) is 11.3 Å². The predicted molar refractivity (Wildman–Crippen MR) is 88.2 cm³/mol. The highest BCUT2D eigenvalue weighted by molar-refractivity contribution is 7.16. The molecule has 0 bridgehead atoms. The Hall–Kier alpha value is -2.21. The van der Waals surface area contributed by atoms with Crippen molar-refractivity contribution < 1.29 is 4.79 Å². The topological polar surface area (TPSA) is 61.9 Å². The van der Waals surface area contributed by atoms with Gasteiger partial charge >= 0.3 is 0 Å². The molecular weight excluding hydrogens is 296 g/mol. The van der Waals surface area contributed by atoms with Gasteiger partial charge in [0.15, 0.2) is 0 Å². The second-order valence-corrected chi connectivity index (χ2v) is 6.36. The number of hydrogen-bond donors (Lipinski definition) is 1. The van der Waals surface area contributed by atoms with Crippen LogP contribution in [0, 0.1) is 13.8 Å². The molecule has 0 fully saturated rings. The van der Waals surface area contributed by atoms with E-state index in [1.54, 1.807) is 21.7 Å². The van der Waals surface area contributed by atoms with Crippen LogP contribution in [-0.2, 0) is 0 Å². The van der Waals surface area contributed by atoms with Crippen LogP contribution in [0.15, 0.2) is 23.7 Å². The summed E-state index contributed by atoms with van der Waals surface area (Å²) in [6, 6.07) is 5.62. The first-order valence-electron chi connectivity index (χ1n) is 7.11. The van der Waals surface area contributed by atoms with Crippen molar-refractivity contribution in [2.24, 2.45) is 0 Å². The maximum Gasteiger partial charge on any atom is 0.254 e. The molecule has 0 spiro atoms. The molecule has 0 radical (unpaired) electrons. The summed E-state index contributed by atoms with van der Waals surface area (Å²) < 4.78 is 1.09. The Balaban J connectivity index is 1.90. The Kier molecular flexibility index (Phi) is 3.70. The normalized spacial score (nSPS) is 12.5. The molecule has 22 heavy (non-hydrogen) atoms. The number of carbonyl (C=O) groups is 1. The van der Waals surface area contributed by atoms with Gasteiger partial charge in [-0.2, -0.15) is 5.10 Å². The first-order chi connectivity index (χ1) is 10.5. The highest BCUT2D eigenvalue weighted by atomic mass is 32.1. The highest BCUT2D eigenvalue weighted by Crippen LogP contribution is 2.26. The average molecular weight is 314 g/mol. The van der Waals surface area contributed by atoms with E-state index in [0.29, 0.717) is 5.56 Å². The standard InChI is InChI=1S/C16H18N4OS/c1-9-15(10(2)19-18-9)11(3)20(4)16(21)12-5-6-14-13(7-12)17-8-22-14/h5-8,11H,1-4H3,(H,18,19). The van der Waals surface area contributed by atoms with Crippen molar-refractivity contribution in [3.63, 3.8) is 0 Å². The third-order valence-corrected chi connectivity index (χ3v) is 4.89. The summed E-state index contributed by atoms with van der Waals surface area (Å²) in [5.41, 5.74) is 6.33. The molecule has 2 heterocycles. The molecule has 0 aliphatic carbocycles. The minimum atomic E-state index is -0.0441. The van der Waals surface area contributed by atoms with Gasteiger partial charge in [-0.3, -0.25) is 9.89 Å². The number of aromatic nitrogens is 3. The molecule has 3 aromatic rings. The first-order valence-corrected chi connectivity index (χ1v) is 7.99. The van der Waals surface area contributed by atoms with Gasteiger partial charge in [0.1, 0.15) is 0 Å². The summed E-state index contributed by atoms with van der Waals surface area (Å²) >= 11 is 1.58. The third kappa shape index (κ3) is 2.39. The molecule has 5 nitrogen and oxygen atoms in total. The number of benzene rings is 1. The van der Waals surface area contributed by atoms with Gasteiger partial charge in [-0.25, -0.2) is 4.98 Å². The van der Waals surface area contributed by atoms with E-state index in [1.165, 1.54) is 0 Å². The van der Waals surface area contributed by atoms with Gasteiger partial charge in [-0.1, -0.05) is 0 Å². The zero-order chi connectivity index (χ0) is 15.9. The van der Waals surface area contributed by atoms with E-state index in [0.717, 1.165) is 27.2 Å². The minimum absolute atomic E-state index is 0.0117. The smallest absolute Gasteiger partial charge is 0.254 e. The van der Waals surface area contributed by atoms with E-state index in [4.69, 9.17) is 0 Å². The molecule has 1 atom stereocenters. The van der Waals surface area contributed by atoms with Crippen LogP contribution in [0.5, 0.6) is 0 Å². The van der Waals surface area contributed by atoms with E-state index in [-0.39, 0.29) is 11.9 Å². The zero-order valence-corrected chi connectivity index (χ0v) is 13.9. The van der Waals surface area contributed by atoms with E-state index in [9.17, 15) is 4.79 Å². The van der Waals surface area contributed by atoms with Crippen molar-refractivity contribution in [2.75, 3.05) is 7.05 Å². The van der Waals surface area contributed by atoms with Crippen LogP contribution in [0.3, 0.4) is 0 Å². The lowest BCUT2D eigenvalue weighted by molar-refractivity contribution is 0.0742. The number of hydrogen-bond acceptors (Lipinski definition) is 4. The second-order valence-electron chi connectivity index (χ2n) is 5.47. The molecule has 0 aliphatic heterocycles. The van der Waals surface area contributed by atoms with Gasteiger partial charge in [0.2, 0.25) is 0 Å². The quantitative estimate of drug-likeness (QED) is 0.805. The number of nitrogens with one attached hydrogen (secondary N) is 1. The number of rotatable bonds is 3. The fourth-order valence-electron chi connectivity index (χ4n) is 2.74. The lowest BCUT2D eigenvalue weighted by Crippen LogP contribution is -2.30. The van der Waals surface area contributed by atoms with E-state index >= 15 is 0 Å². The lowest BCUT2D eigenvalue weighted by Gasteiger charge is -2.25. The summed E-state index contributed by atoms with van der Waals surface area (Å²) in [5, 5.41) is 7.19. The molecule has 3 rings (SSSR count). The summed E-state index contributed by atoms with van der Waals surface area (Å²) in [4.78, 5) is 18.8. The molecule has 6 heteroatoms. The molecule has 114 valence electrons. The van der Waals surface area contributed by atoms with Gasteiger partial charge in [0.05, 0.1) is 27.5 Å². The Morgan fingerprint density at radius 1 is 1.36 bits per heavy atom. The fraction of sp³-hybridized carbons (Fsp3) is 0.312. The Labute approximate surface area is 133 Å². The number of H-pyrrole nitrogens is 1. The predicted octanol–water partition coefficient (Wildman–Crippen LogP) is 3.47. The zero-order valence-electron chi connectivity index (χ0n) is 13.0. The van der Waals surface area contributed by atoms with Crippen LogP contribution < -0.4 is 0 Å². The monoisotopic (exact) mass is 314 g/mol. The highest BCUT2D eigenvalue weighted by Gasteiger charge is 2.23. The van der Waals surface area contributed by atoms with Crippen molar-refractivity contribution in [2.45, 2.75) is 26.8 Å². The van der Waals surface area contributed by atoms with Crippen LogP contribution in [0.1, 0.15) is 40.3 Å². The molecule has 2 aromatic heterocycles. The third-order valence-electron chi connectivity index (χ3n) is 4.08. The lowest BCUT2D eigenvalue weighted by atomic mass is 10.0. The number of thiazole rings is 1. The largest absolute Gasteiger partial charge is 0.335 e. The van der Waals surface area contributed by atoms with Crippen LogP contribution in [-0.4, -0.2) is 33.0 Å². The van der Waals surface area contributed by atoms with E-state index < -0.39 is 0 Å². The van der Waals surface area contributed by atoms with Crippen molar-refractivity contribution in [1.82, 2.24) is 20.1 Å². The van der Waals surface area contributed by atoms with Crippen LogP contribution in [0.4, 0.5) is 0 Å². The summed E-state index contributed by atoms with van der Waals surface area (Å²) in [7, 11) is 1.82. The van der Waals surface area contributed by atoms with Crippen LogP contribution >= 0.6 is 11.3 Å². The SMILES string of the molecule is Cc1n[nH]c(C)c1C(C)N(C)C(=O)c1ccc2scnc2c1. The maximum atomic E-state index is 12.7. The number of carbonyl (C=O) groups excluding carboxylic acids is 1. The van der Waals surface area contributed by atoms with Gasteiger partial charge in [0.25, 0.3) is 5.91 Å². The van der Waals surface area contributed by atoms with Gasteiger partial charge in [0, 0.05) is 23.9 Å². The van der Waals surface area contributed by atoms with E-state index in [2.05, 4.69) is 15.2 Å². The van der Waals surface area contributed by atoms with Gasteiger partial charge in [-0.05, 0) is 39.0 Å². The van der Waals surface area contributed by atoms with Crippen LogP contribution in [0.2, 0.25) is 0 Å². The van der Waals surface area contributed by atoms with Crippen molar-refractivity contribution in [3.8, 4) is 0 Å². The molecule has 1 unspecified atom stereocenters. The van der Waals surface area contributed by atoms with Crippen molar-refractivity contribution >= 4 is 27.5 Å². The Morgan fingerprint density at radius 2 is 2.14 bits per heavy atom. The molecule has 0 saturated heterocycles. The molecule has 0 saturated carbocycles. The van der Waals surface area contributed by atoms with Crippen molar-refractivity contribution in [3.05, 3.63) is 46.2 Å². The summed E-state index contributed by atoms with van der Waals surface area (Å²) in [5.74, 6) is -0.0117. The summed E-state index contributed by atoms with van der Waals surface area (Å²) in [6.07, 6.45) is 0. The fourth-order valence-corrected chi connectivity index (χ4v) is 3.40. The van der Waals surface area contributed by atoms with Crippen LogP contribution in [0.25, 0.3) is 10.2 Å². The molecule has 1 N–H and O–H groups in total. The summed E-state index contributed by atoms with van der Waals surface area (Å²) in [6.45, 7) is 5.95. The Morgan fingerprint density at radius 3 is 2.82 bits per heavy atom. The first kappa shape index (κ1) is 14.7. The molecule has 1 aromatic carbocycles. The minimum Gasteiger partial charge on any atom is -0.335 e. The molecule has 1 amide bonds. The van der Waals surface area contributed by atoms with Gasteiger partial charge < -0.3 is 4.90 Å². The van der Waals surface area contributed by atoms with E-state index in [1.807, 2.05) is 46.0 Å². The number of nitrogens with zero attached hydrogens (tertiary/aromatic N) is 3. The van der Waals surface area contributed by atoms with Crippen molar-refractivity contribution in [1.29, 1.82) is 0 Å². The number of aryl methyl sites for hydroxylation is 2. The molecule has 0 aliphatic rings. The number of fused-ring (bicyclic) bond motifs is 1. The number of amides is 1.